The van der Waals surface area contributed by atoms with Crippen LogP contribution < -0.4 is 5.32 Å². The van der Waals surface area contributed by atoms with Crippen molar-refractivity contribution in [3.63, 3.8) is 0 Å². The van der Waals surface area contributed by atoms with Crippen LogP contribution in [0, 0.1) is 12.7 Å². The molecule has 0 aliphatic carbocycles. The second-order valence-electron chi connectivity index (χ2n) is 3.51. The summed E-state index contributed by atoms with van der Waals surface area (Å²) >= 11 is 10.5. The van der Waals surface area contributed by atoms with E-state index in [4.69, 9.17) is 11.6 Å². The maximum atomic E-state index is 13.2. The predicted molar refractivity (Wildman–Crippen MR) is 73.3 cm³/mol. The molecule has 17 heavy (non-hydrogen) atoms. The second-order valence-corrected chi connectivity index (χ2v) is 6.07. The van der Waals surface area contributed by atoms with Gasteiger partial charge in [0.25, 0.3) is 0 Å². The van der Waals surface area contributed by atoms with E-state index in [2.05, 4.69) is 26.2 Å². The van der Waals surface area contributed by atoms with E-state index in [0.717, 1.165) is 10.6 Å². The van der Waals surface area contributed by atoms with Crippen LogP contribution in [0.2, 0.25) is 4.47 Å². The van der Waals surface area contributed by atoms with Crippen LogP contribution >= 0.6 is 38.9 Å². The molecule has 0 saturated carbocycles. The third-order valence-corrected chi connectivity index (χ3v) is 4.00. The number of anilines is 1. The molecule has 0 bridgehead atoms. The van der Waals surface area contributed by atoms with Gasteiger partial charge in [-0.25, -0.2) is 9.37 Å². The molecule has 0 aliphatic heterocycles. The van der Waals surface area contributed by atoms with Crippen molar-refractivity contribution in [2.45, 2.75) is 13.5 Å². The highest BCUT2D eigenvalue weighted by atomic mass is 79.9. The van der Waals surface area contributed by atoms with Crippen molar-refractivity contribution in [3.8, 4) is 0 Å². The normalized spacial score (nSPS) is 10.6. The SMILES string of the molecule is Cc1cc(NCc2cnc(Cl)s2)c(Br)cc1F. The van der Waals surface area contributed by atoms with E-state index in [1.165, 1.54) is 17.4 Å². The van der Waals surface area contributed by atoms with Crippen LogP contribution in [0.5, 0.6) is 0 Å². The summed E-state index contributed by atoms with van der Waals surface area (Å²) in [6.45, 7) is 2.35. The lowest BCUT2D eigenvalue weighted by molar-refractivity contribution is 0.618. The maximum Gasteiger partial charge on any atom is 0.183 e. The van der Waals surface area contributed by atoms with Gasteiger partial charge in [0.1, 0.15) is 5.82 Å². The maximum absolute atomic E-state index is 13.2. The largest absolute Gasteiger partial charge is 0.379 e. The van der Waals surface area contributed by atoms with Crippen LogP contribution in [0.3, 0.4) is 0 Å². The average Bonchev–Trinajstić information content (AvgIpc) is 2.68. The van der Waals surface area contributed by atoms with Gasteiger partial charge >= 0.3 is 0 Å². The van der Waals surface area contributed by atoms with E-state index >= 15 is 0 Å². The molecule has 0 spiro atoms. The summed E-state index contributed by atoms with van der Waals surface area (Å²) in [5.41, 5.74) is 1.46. The summed E-state index contributed by atoms with van der Waals surface area (Å²) in [7, 11) is 0. The number of rotatable bonds is 3. The van der Waals surface area contributed by atoms with Crippen LogP contribution in [0.4, 0.5) is 10.1 Å². The summed E-state index contributed by atoms with van der Waals surface area (Å²) in [6.07, 6.45) is 1.73. The fourth-order valence-electron chi connectivity index (χ4n) is 1.34. The number of aryl methyl sites for hydroxylation is 1. The first-order chi connectivity index (χ1) is 8.06. The van der Waals surface area contributed by atoms with E-state index in [1.54, 1.807) is 19.2 Å². The summed E-state index contributed by atoms with van der Waals surface area (Å²) in [4.78, 5) is 4.99. The molecule has 6 heteroatoms. The predicted octanol–water partition coefficient (Wildman–Crippen LogP) is 4.62. The molecule has 1 heterocycles. The van der Waals surface area contributed by atoms with Gasteiger partial charge in [-0.2, -0.15) is 0 Å². The van der Waals surface area contributed by atoms with Crippen LogP contribution in [-0.2, 0) is 6.54 Å². The Morgan fingerprint density at radius 2 is 2.29 bits per heavy atom. The van der Waals surface area contributed by atoms with Gasteiger partial charge in [-0.05, 0) is 40.5 Å². The Morgan fingerprint density at radius 1 is 1.53 bits per heavy atom. The Kier molecular flexibility index (Phi) is 4.01. The number of nitrogens with zero attached hydrogens (tertiary/aromatic N) is 1. The van der Waals surface area contributed by atoms with Gasteiger partial charge < -0.3 is 5.32 Å². The zero-order chi connectivity index (χ0) is 12.4. The Bertz CT molecular complexity index is 544. The van der Waals surface area contributed by atoms with E-state index in [0.29, 0.717) is 21.0 Å². The molecule has 0 aliphatic rings. The Labute approximate surface area is 116 Å². The smallest absolute Gasteiger partial charge is 0.183 e. The van der Waals surface area contributed by atoms with Gasteiger partial charge in [0.15, 0.2) is 4.47 Å². The number of aromatic nitrogens is 1. The van der Waals surface area contributed by atoms with Crippen molar-refractivity contribution in [3.05, 3.63) is 43.5 Å². The van der Waals surface area contributed by atoms with E-state index < -0.39 is 0 Å². The molecule has 0 saturated heterocycles. The first-order valence-electron chi connectivity index (χ1n) is 4.86. The van der Waals surface area contributed by atoms with E-state index in [1.807, 2.05) is 0 Å². The second kappa shape index (κ2) is 5.33. The Balaban J connectivity index is 2.11. The van der Waals surface area contributed by atoms with E-state index in [9.17, 15) is 4.39 Å². The molecular weight excluding hydrogens is 327 g/mol. The molecule has 2 aromatic rings. The molecule has 2 rings (SSSR count). The molecule has 0 radical (unpaired) electrons. The van der Waals surface area contributed by atoms with Crippen molar-refractivity contribution >= 4 is 44.6 Å². The van der Waals surface area contributed by atoms with Crippen molar-refractivity contribution in [2.75, 3.05) is 5.32 Å². The quantitative estimate of drug-likeness (QED) is 0.885. The highest BCUT2D eigenvalue weighted by Gasteiger charge is 2.06. The fourth-order valence-corrected chi connectivity index (χ4v) is 2.71. The monoisotopic (exact) mass is 334 g/mol. The van der Waals surface area contributed by atoms with Gasteiger partial charge in [-0.1, -0.05) is 11.6 Å². The zero-order valence-electron chi connectivity index (χ0n) is 8.93. The highest BCUT2D eigenvalue weighted by Crippen LogP contribution is 2.27. The van der Waals surface area contributed by atoms with Gasteiger partial charge in [-0.3, -0.25) is 0 Å². The van der Waals surface area contributed by atoms with Crippen molar-refractivity contribution < 1.29 is 4.39 Å². The number of halogens is 3. The van der Waals surface area contributed by atoms with Crippen molar-refractivity contribution in [1.29, 1.82) is 0 Å². The van der Waals surface area contributed by atoms with Crippen LogP contribution in [-0.4, -0.2) is 4.98 Å². The summed E-state index contributed by atoms with van der Waals surface area (Å²) in [5.74, 6) is -0.219. The van der Waals surface area contributed by atoms with Gasteiger partial charge in [-0.15, -0.1) is 11.3 Å². The van der Waals surface area contributed by atoms with Crippen LogP contribution in [0.1, 0.15) is 10.4 Å². The molecule has 1 aromatic heterocycles. The number of hydrogen-bond acceptors (Lipinski definition) is 3. The van der Waals surface area contributed by atoms with Gasteiger partial charge in [0.05, 0.1) is 6.54 Å². The average molecular weight is 336 g/mol. The molecule has 1 aromatic carbocycles. The zero-order valence-corrected chi connectivity index (χ0v) is 12.1. The molecule has 1 N–H and O–H groups in total. The lowest BCUT2D eigenvalue weighted by atomic mass is 10.2. The first kappa shape index (κ1) is 12.8. The van der Waals surface area contributed by atoms with E-state index in [-0.39, 0.29) is 5.82 Å². The third kappa shape index (κ3) is 3.18. The van der Waals surface area contributed by atoms with Gasteiger partial charge in [0, 0.05) is 21.2 Å². The number of thiazole rings is 1. The Morgan fingerprint density at radius 3 is 2.94 bits per heavy atom. The van der Waals surface area contributed by atoms with Crippen molar-refractivity contribution in [1.82, 2.24) is 4.98 Å². The number of hydrogen-bond donors (Lipinski definition) is 1. The molecule has 0 atom stereocenters. The molecule has 0 unspecified atom stereocenters. The molecule has 0 amide bonds. The molecule has 0 fully saturated rings. The van der Waals surface area contributed by atoms with Crippen molar-refractivity contribution in [2.24, 2.45) is 0 Å². The molecule has 90 valence electrons. The molecular formula is C11H9BrClFN2S. The minimum absolute atomic E-state index is 0.219. The van der Waals surface area contributed by atoms with Gasteiger partial charge in [0.2, 0.25) is 0 Å². The minimum Gasteiger partial charge on any atom is -0.379 e. The first-order valence-corrected chi connectivity index (χ1v) is 6.84. The number of benzene rings is 1. The standard InChI is InChI=1S/C11H9BrClFN2S/c1-6-2-10(8(12)3-9(6)14)15-4-7-5-16-11(13)17-7/h2-3,5,15H,4H2,1H3. The Hall–Kier alpha value is -0.650. The summed E-state index contributed by atoms with van der Waals surface area (Å²) < 4.78 is 14.5. The van der Waals surface area contributed by atoms with Crippen LogP contribution in [0.15, 0.2) is 22.8 Å². The summed E-state index contributed by atoms with van der Waals surface area (Å²) in [6, 6.07) is 3.22. The molecule has 2 nitrogen and oxygen atoms in total. The van der Waals surface area contributed by atoms with Crippen LogP contribution in [0.25, 0.3) is 0 Å². The highest BCUT2D eigenvalue weighted by molar-refractivity contribution is 9.10. The third-order valence-electron chi connectivity index (χ3n) is 2.23. The fraction of sp³-hybridized carbons (Fsp3) is 0.182. The lowest BCUT2D eigenvalue weighted by Crippen LogP contribution is -1.99. The number of nitrogens with one attached hydrogen (secondary N) is 1. The topological polar surface area (TPSA) is 24.9 Å². The lowest BCUT2D eigenvalue weighted by Gasteiger charge is -2.08. The minimum atomic E-state index is -0.219. The summed E-state index contributed by atoms with van der Waals surface area (Å²) in [5, 5.41) is 3.21.